The first-order valence-electron chi connectivity index (χ1n) is 15.4. The summed E-state index contributed by atoms with van der Waals surface area (Å²) < 4.78 is 0. The Hall–Kier alpha value is -3.01. The van der Waals surface area contributed by atoms with Crippen LogP contribution in [0.25, 0.3) is 5.73 Å². The molecule has 0 amide bonds. The SMILES string of the molecule is CC1=C(C)C(C)([SiH](Cc2ccccc2)Cc2ccccc2)C(CC(C)(C)[NH-])=C1C.[CH2-]c1ccccc1.[CH2-]c1ccccc1.[Ti+3]. The maximum absolute atomic E-state index is 8.64. The summed E-state index contributed by atoms with van der Waals surface area (Å²) in [5, 5.41) is 0.123. The van der Waals surface area contributed by atoms with E-state index in [2.05, 4.69) is 116 Å². The van der Waals surface area contributed by atoms with Gasteiger partial charge in [0, 0.05) is 5.04 Å². The van der Waals surface area contributed by atoms with Crippen molar-refractivity contribution in [2.45, 2.75) is 70.6 Å². The molecule has 0 bridgehead atoms. The fourth-order valence-corrected chi connectivity index (χ4v) is 10.3. The van der Waals surface area contributed by atoms with Crippen LogP contribution in [0.15, 0.2) is 144 Å². The van der Waals surface area contributed by atoms with Gasteiger partial charge in [0.1, 0.15) is 0 Å². The molecule has 0 fully saturated rings. The van der Waals surface area contributed by atoms with Crippen molar-refractivity contribution in [2.75, 3.05) is 0 Å². The molecule has 0 aromatic heterocycles. The molecule has 0 saturated heterocycles. The van der Waals surface area contributed by atoms with Gasteiger partial charge in [0.15, 0.2) is 0 Å². The Labute approximate surface area is 285 Å². The van der Waals surface area contributed by atoms with E-state index in [0.717, 1.165) is 17.5 Å². The van der Waals surface area contributed by atoms with E-state index in [-0.39, 0.29) is 26.8 Å². The quantitative estimate of drug-likeness (QED) is 0.143. The number of hydrogen-bond donors (Lipinski definition) is 0. The van der Waals surface area contributed by atoms with Crippen molar-refractivity contribution in [1.29, 1.82) is 0 Å². The van der Waals surface area contributed by atoms with Crippen molar-refractivity contribution in [2.24, 2.45) is 0 Å². The summed E-state index contributed by atoms with van der Waals surface area (Å²) >= 11 is 0. The van der Waals surface area contributed by atoms with Crippen molar-refractivity contribution < 1.29 is 21.7 Å². The molecule has 1 unspecified atom stereocenters. The Bertz CT molecular complexity index is 1380. The largest absolute Gasteiger partial charge is 3.00 e. The van der Waals surface area contributed by atoms with Gasteiger partial charge in [0.25, 0.3) is 0 Å². The Morgan fingerprint density at radius 2 is 0.955 bits per heavy atom. The molecule has 1 aliphatic carbocycles. The van der Waals surface area contributed by atoms with Crippen LogP contribution in [0.5, 0.6) is 0 Å². The molecule has 4 aromatic rings. The van der Waals surface area contributed by atoms with Crippen molar-refractivity contribution in [3.8, 4) is 0 Å². The smallest absolute Gasteiger partial charge is 0.672 e. The molecule has 0 spiro atoms. The zero-order valence-corrected chi connectivity index (χ0v) is 30.4. The van der Waals surface area contributed by atoms with Crippen LogP contribution >= 0.6 is 0 Å². The third-order valence-corrected chi connectivity index (χ3v) is 13.1. The van der Waals surface area contributed by atoms with Crippen LogP contribution in [0.3, 0.4) is 0 Å². The Kier molecular flexibility index (Phi) is 14.8. The van der Waals surface area contributed by atoms with Crippen LogP contribution in [0.2, 0.25) is 5.04 Å². The number of nitrogens with one attached hydrogen (secondary N) is 1. The molecule has 4 aromatic carbocycles. The molecule has 44 heavy (non-hydrogen) atoms. The van der Waals surface area contributed by atoms with Gasteiger partial charge in [-0.3, -0.25) is 0 Å². The second-order valence-electron chi connectivity index (χ2n) is 12.7. The van der Waals surface area contributed by atoms with E-state index in [9.17, 15) is 0 Å². The minimum Gasteiger partial charge on any atom is -0.672 e. The van der Waals surface area contributed by atoms with Gasteiger partial charge in [-0.25, -0.2) is 0 Å². The van der Waals surface area contributed by atoms with Crippen LogP contribution in [0.4, 0.5) is 0 Å². The van der Waals surface area contributed by atoms with E-state index < -0.39 is 14.3 Å². The molecular weight excluding hydrogens is 582 g/mol. The fourth-order valence-electron chi connectivity index (χ4n) is 6.06. The number of allylic oxidation sites excluding steroid dienone is 3. The molecular formula is C41H50NSiTi. The molecule has 227 valence electrons. The summed E-state index contributed by atoms with van der Waals surface area (Å²) in [6.07, 6.45) is 0.858. The van der Waals surface area contributed by atoms with Gasteiger partial charge in [-0.15, -0.1) is 29.8 Å². The summed E-state index contributed by atoms with van der Waals surface area (Å²) in [5.41, 5.74) is 19.3. The molecule has 0 saturated carbocycles. The van der Waals surface area contributed by atoms with Gasteiger partial charge in [-0.05, 0) is 50.4 Å². The molecule has 1 atom stereocenters. The van der Waals surface area contributed by atoms with Crippen LogP contribution in [0, 0.1) is 13.8 Å². The minimum atomic E-state index is -1.34. The predicted octanol–water partition coefficient (Wildman–Crippen LogP) is 11.2. The van der Waals surface area contributed by atoms with Gasteiger partial charge in [-0.2, -0.15) is 49.2 Å². The maximum atomic E-state index is 8.64. The first kappa shape index (κ1) is 37.2. The molecule has 5 rings (SSSR count). The third-order valence-electron chi connectivity index (χ3n) is 8.75. The first-order chi connectivity index (χ1) is 20.4. The van der Waals surface area contributed by atoms with E-state index in [1.807, 2.05) is 60.7 Å². The van der Waals surface area contributed by atoms with E-state index in [1.54, 1.807) is 5.57 Å². The monoisotopic (exact) mass is 632 g/mol. The van der Waals surface area contributed by atoms with E-state index in [1.165, 1.54) is 39.9 Å². The summed E-state index contributed by atoms with van der Waals surface area (Å²) in [4.78, 5) is 0. The maximum Gasteiger partial charge on any atom is 3.00 e. The van der Waals surface area contributed by atoms with Crippen LogP contribution in [0.1, 0.15) is 70.2 Å². The molecule has 1 aliphatic rings. The number of rotatable bonds is 7. The van der Waals surface area contributed by atoms with Gasteiger partial charge in [0.05, 0.1) is 8.80 Å². The summed E-state index contributed by atoms with van der Waals surface area (Å²) in [6, 6.07) is 44.2. The average molecular weight is 633 g/mol. The van der Waals surface area contributed by atoms with Crippen molar-refractivity contribution in [3.63, 3.8) is 0 Å². The Morgan fingerprint density at radius 3 is 1.25 bits per heavy atom. The molecule has 1 radical (unpaired) electrons. The minimum absolute atomic E-state index is 0. The second kappa shape index (κ2) is 17.5. The van der Waals surface area contributed by atoms with Gasteiger partial charge in [0.2, 0.25) is 0 Å². The predicted molar refractivity (Wildman–Crippen MR) is 192 cm³/mol. The van der Waals surface area contributed by atoms with Gasteiger partial charge < -0.3 is 5.73 Å². The standard InChI is InChI=1S/C27H36NSi.2C7H7.Ti/c1-20-21(2)25(17-26(4,5)28)27(6,22(20)3)29(18-23-13-9-7-10-14-23)19-24-15-11-8-12-16-24;2*1-7-5-3-2-4-6-7;/h7-16,28-29H,17-19H2,1-6H3;2*2-6H,1H2;/q3*-1;+3. The molecule has 1 N–H and O–H groups in total. The van der Waals surface area contributed by atoms with Gasteiger partial charge in [-0.1, -0.05) is 116 Å². The topological polar surface area (TPSA) is 23.8 Å². The number of benzene rings is 4. The average Bonchev–Trinajstić information content (AvgIpc) is 3.15. The van der Waals surface area contributed by atoms with Crippen molar-refractivity contribution in [1.82, 2.24) is 0 Å². The summed E-state index contributed by atoms with van der Waals surface area (Å²) in [5.74, 6) is 0. The van der Waals surface area contributed by atoms with E-state index in [0.29, 0.717) is 0 Å². The normalized spacial score (nSPS) is 16.0. The van der Waals surface area contributed by atoms with Gasteiger partial charge >= 0.3 is 21.7 Å². The molecule has 3 heteroatoms. The third kappa shape index (κ3) is 10.9. The second-order valence-corrected chi connectivity index (χ2v) is 16.0. The van der Waals surface area contributed by atoms with Crippen LogP contribution < -0.4 is 0 Å². The Morgan fingerprint density at radius 1 is 0.614 bits per heavy atom. The molecule has 0 heterocycles. The zero-order chi connectivity index (χ0) is 31.5. The summed E-state index contributed by atoms with van der Waals surface area (Å²) in [7, 11) is -1.34. The van der Waals surface area contributed by atoms with Crippen LogP contribution in [-0.2, 0) is 33.8 Å². The van der Waals surface area contributed by atoms with E-state index >= 15 is 0 Å². The number of hydrogen-bond acceptors (Lipinski definition) is 0. The summed E-state index contributed by atoms with van der Waals surface area (Å²) in [6.45, 7) is 21.0. The molecule has 1 nitrogen and oxygen atoms in total. The first-order valence-corrected chi connectivity index (χ1v) is 17.6. The zero-order valence-electron chi connectivity index (χ0n) is 27.7. The Balaban J connectivity index is 0.000000367. The van der Waals surface area contributed by atoms with E-state index in [4.69, 9.17) is 5.73 Å². The van der Waals surface area contributed by atoms with Crippen molar-refractivity contribution in [3.05, 3.63) is 185 Å². The molecule has 0 aliphatic heterocycles. The van der Waals surface area contributed by atoms with Crippen molar-refractivity contribution >= 4 is 8.80 Å². The van der Waals surface area contributed by atoms with Crippen LogP contribution in [-0.4, -0.2) is 14.3 Å². The fraction of sp³-hybridized carbons (Fsp3) is 0.268.